The second kappa shape index (κ2) is 2.29. The Morgan fingerprint density at radius 3 is 2.14 bits per heavy atom. The molecule has 0 aromatic carbocycles. The quantitative estimate of drug-likeness (QED) is 0.464. The average Bonchev–Trinajstić information content (AvgIpc) is 1.23. The Kier molecular flexibility index (Phi) is 1.89. The van der Waals surface area contributed by atoms with E-state index in [0.29, 0.717) is 5.92 Å². The van der Waals surface area contributed by atoms with Crippen molar-refractivity contribution >= 4 is 22.6 Å². The molecule has 0 heterocycles. The summed E-state index contributed by atoms with van der Waals surface area (Å²) in [5, 5.41) is 0. The monoisotopic (exact) mass is 214 g/mol. The minimum atomic E-state index is -0.577. The summed E-state index contributed by atoms with van der Waals surface area (Å²) in [7, 11) is 0. The maximum absolute atomic E-state index is 12.1. The van der Waals surface area contributed by atoms with Crippen molar-refractivity contribution in [2.24, 2.45) is 5.92 Å². The number of hydrogen-bond acceptors (Lipinski definition) is 0. The second-order valence-corrected chi connectivity index (χ2v) is 3.22. The van der Waals surface area contributed by atoms with Crippen LogP contribution in [-0.2, 0) is 0 Å². The van der Waals surface area contributed by atoms with Crippen LogP contribution in [0.3, 0.4) is 0 Å². The standard InChI is InChI=1S/C5H8FI/c6-5(7)4-2-1-3-4/h4-5H,1-3H2/t5-/m0/s1. The van der Waals surface area contributed by atoms with Crippen LogP contribution in [0, 0.1) is 5.92 Å². The highest BCUT2D eigenvalue weighted by molar-refractivity contribution is 14.1. The van der Waals surface area contributed by atoms with Crippen molar-refractivity contribution in [3.05, 3.63) is 0 Å². The largest absolute Gasteiger partial charge is 0.236 e. The summed E-state index contributed by atoms with van der Waals surface area (Å²) in [6, 6.07) is 0. The van der Waals surface area contributed by atoms with E-state index in [-0.39, 0.29) is 0 Å². The van der Waals surface area contributed by atoms with E-state index in [0.717, 1.165) is 12.8 Å². The summed E-state index contributed by atoms with van der Waals surface area (Å²) in [5.41, 5.74) is 0. The molecule has 0 aromatic rings. The van der Waals surface area contributed by atoms with Crippen molar-refractivity contribution in [3.63, 3.8) is 0 Å². The van der Waals surface area contributed by atoms with Gasteiger partial charge < -0.3 is 0 Å². The van der Waals surface area contributed by atoms with E-state index >= 15 is 0 Å². The molecule has 0 saturated heterocycles. The molecule has 1 atom stereocenters. The van der Waals surface area contributed by atoms with Crippen molar-refractivity contribution in [1.82, 2.24) is 0 Å². The van der Waals surface area contributed by atoms with Gasteiger partial charge in [0.25, 0.3) is 0 Å². The Hall–Kier alpha value is 0.660. The average molecular weight is 214 g/mol. The first kappa shape index (κ1) is 5.79. The molecule has 0 N–H and O–H groups in total. The molecule has 42 valence electrons. The topological polar surface area (TPSA) is 0 Å². The Morgan fingerprint density at radius 2 is 2.14 bits per heavy atom. The SMILES string of the molecule is F[C@@H](I)C1CCC1. The Morgan fingerprint density at radius 1 is 1.57 bits per heavy atom. The molecule has 0 amide bonds. The first-order valence-corrected chi connectivity index (χ1v) is 3.83. The lowest BCUT2D eigenvalue weighted by Crippen LogP contribution is -2.17. The van der Waals surface area contributed by atoms with Crippen molar-refractivity contribution in [2.45, 2.75) is 23.4 Å². The number of alkyl halides is 2. The zero-order valence-corrected chi connectivity index (χ0v) is 6.19. The van der Waals surface area contributed by atoms with Crippen LogP contribution in [0.5, 0.6) is 0 Å². The lowest BCUT2D eigenvalue weighted by atomic mass is 9.87. The van der Waals surface area contributed by atoms with Gasteiger partial charge in [0.05, 0.1) is 0 Å². The molecule has 0 bridgehead atoms. The molecule has 1 aliphatic carbocycles. The van der Waals surface area contributed by atoms with E-state index < -0.39 is 4.18 Å². The van der Waals surface area contributed by atoms with Crippen molar-refractivity contribution in [2.75, 3.05) is 0 Å². The molecule has 1 aliphatic rings. The summed E-state index contributed by atoms with van der Waals surface area (Å²) in [5.74, 6) is 0.403. The highest BCUT2D eigenvalue weighted by Crippen LogP contribution is 2.33. The fraction of sp³-hybridized carbons (Fsp3) is 1.00. The van der Waals surface area contributed by atoms with Crippen molar-refractivity contribution in [1.29, 1.82) is 0 Å². The minimum absolute atomic E-state index is 0.403. The maximum Gasteiger partial charge on any atom is 0.154 e. The smallest absolute Gasteiger partial charge is 0.154 e. The summed E-state index contributed by atoms with van der Waals surface area (Å²) in [4.78, 5) is 0. The van der Waals surface area contributed by atoms with Gasteiger partial charge in [0.1, 0.15) is 0 Å². The normalized spacial score (nSPS) is 26.6. The fourth-order valence-corrected chi connectivity index (χ4v) is 1.41. The summed E-state index contributed by atoms with van der Waals surface area (Å²) >= 11 is 1.85. The van der Waals surface area contributed by atoms with Crippen molar-refractivity contribution < 1.29 is 4.39 Å². The molecule has 1 saturated carbocycles. The van der Waals surface area contributed by atoms with E-state index in [4.69, 9.17) is 0 Å². The number of rotatable bonds is 1. The van der Waals surface area contributed by atoms with Gasteiger partial charge in [-0.2, -0.15) is 0 Å². The highest BCUT2D eigenvalue weighted by atomic mass is 127. The van der Waals surface area contributed by atoms with Gasteiger partial charge in [-0.3, -0.25) is 0 Å². The fourth-order valence-electron chi connectivity index (χ4n) is 0.692. The molecule has 0 nitrogen and oxygen atoms in total. The van der Waals surface area contributed by atoms with Gasteiger partial charge in [0.2, 0.25) is 0 Å². The van der Waals surface area contributed by atoms with Crippen LogP contribution in [0.15, 0.2) is 0 Å². The molecule has 2 heteroatoms. The Labute approximate surface area is 56.6 Å². The van der Waals surface area contributed by atoms with Gasteiger partial charge in [-0.05, 0) is 41.4 Å². The highest BCUT2D eigenvalue weighted by Gasteiger charge is 2.24. The molecule has 0 radical (unpaired) electrons. The molecule has 0 unspecified atom stereocenters. The minimum Gasteiger partial charge on any atom is -0.236 e. The van der Waals surface area contributed by atoms with E-state index in [1.807, 2.05) is 22.6 Å². The van der Waals surface area contributed by atoms with Gasteiger partial charge >= 0.3 is 0 Å². The summed E-state index contributed by atoms with van der Waals surface area (Å²) < 4.78 is 11.6. The van der Waals surface area contributed by atoms with Crippen LogP contribution < -0.4 is 0 Å². The van der Waals surface area contributed by atoms with E-state index in [9.17, 15) is 4.39 Å². The molecule has 0 spiro atoms. The predicted molar refractivity (Wildman–Crippen MR) is 36.3 cm³/mol. The second-order valence-electron chi connectivity index (χ2n) is 2.03. The lowest BCUT2D eigenvalue weighted by Gasteiger charge is -2.24. The third-order valence-corrected chi connectivity index (χ3v) is 2.52. The van der Waals surface area contributed by atoms with Gasteiger partial charge in [-0.15, -0.1) is 0 Å². The molecule has 0 aromatic heterocycles. The van der Waals surface area contributed by atoms with Crippen LogP contribution in [0.25, 0.3) is 0 Å². The van der Waals surface area contributed by atoms with Crippen LogP contribution in [0.4, 0.5) is 4.39 Å². The van der Waals surface area contributed by atoms with Gasteiger partial charge in [0.15, 0.2) is 4.18 Å². The van der Waals surface area contributed by atoms with Crippen LogP contribution in [0.2, 0.25) is 0 Å². The molecule has 0 aliphatic heterocycles. The zero-order valence-electron chi connectivity index (χ0n) is 4.03. The van der Waals surface area contributed by atoms with Gasteiger partial charge in [0, 0.05) is 0 Å². The first-order chi connectivity index (χ1) is 3.30. The Balaban J connectivity index is 2.14. The molecule has 1 rings (SSSR count). The zero-order chi connectivity index (χ0) is 5.28. The summed E-state index contributed by atoms with van der Waals surface area (Å²) in [6.07, 6.45) is 3.47. The molecular weight excluding hydrogens is 206 g/mol. The van der Waals surface area contributed by atoms with Crippen LogP contribution >= 0.6 is 22.6 Å². The maximum atomic E-state index is 12.1. The number of hydrogen-bond donors (Lipinski definition) is 0. The van der Waals surface area contributed by atoms with Crippen LogP contribution in [0.1, 0.15) is 19.3 Å². The predicted octanol–water partition coefficient (Wildman–Crippen LogP) is 2.52. The summed E-state index contributed by atoms with van der Waals surface area (Å²) in [6.45, 7) is 0. The van der Waals surface area contributed by atoms with Gasteiger partial charge in [-0.1, -0.05) is 6.42 Å². The first-order valence-electron chi connectivity index (χ1n) is 2.59. The molecular formula is C5H8FI. The third-order valence-electron chi connectivity index (χ3n) is 1.51. The van der Waals surface area contributed by atoms with Crippen LogP contribution in [-0.4, -0.2) is 4.18 Å². The third kappa shape index (κ3) is 1.27. The number of halogens is 2. The van der Waals surface area contributed by atoms with E-state index in [2.05, 4.69) is 0 Å². The van der Waals surface area contributed by atoms with Crippen molar-refractivity contribution in [3.8, 4) is 0 Å². The molecule has 7 heavy (non-hydrogen) atoms. The van der Waals surface area contributed by atoms with E-state index in [1.54, 1.807) is 0 Å². The molecule has 1 fully saturated rings. The van der Waals surface area contributed by atoms with Gasteiger partial charge in [-0.25, -0.2) is 4.39 Å². The van der Waals surface area contributed by atoms with E-state index in [1.165, 1.54) is 6.42 Å². The Bertz CT molecular complexity index is 59.1. The lowest BCUT2D eigenvalue weighted by molar-refractivity contribution is 0.229.